The van der Waals surface area contributed by atoms with E-state index in [0.717, 1.165) is 29.7 Å². The van der Waals surface area contributed by atoms with E-state index in [1.807, 2.05) is 42.2 Å². The normalized spacial score (nSPS) is 17.1. The number of benzene rings is 2. The number of oxime groups is 1. The lowest BCUT2D eigenvalue weighted by molar-refractivity contribution is -0.134. The first kappa shape index (κ1) is 19.2. The highest BCUT2D eigenvalue weighted by Gasteiger charge is 2.29. The lowest BCUT2D eigenvalue weighted by Gasteiger charge is -2.27. The van der Waals surface area contributed by atoms with Gasteiger partial charge in [0.15, 0.2) is 6.10 Å². The van der Waals surface area contributed by atoms with E-state index in [9.17, 15) is 4.79 Å². The predicted octanol–water partition coefficient (Wildman–Crippen LogP) is 4.53. The molecule has 27 heavy (non-hydrogen) atoms. The van der Waals surface area contributed by atoms with E-state index in [0.29, 0.717) is 13.1 Å². The zero-order valence-corrected chi connectivity index (χ0v) is 16.4. The summed E-state index contributed by atoms with van der Waals surface area (Å²) in [5, 5.41) is 4.27. The van der Waals surface area contributed by atoms with E-state index in [4.69, 9.17) is 4.84 Å². The van der Waals surface area contributed by atoms with Gasteiger partial charge in [0, 0.05) is 13.0 Å². The summed E-state index contributed by atoms with van der Waals surface area (Å²) in [5.74, 6) is 0.0589. The number of amides is 1. The van der Waals surface area contributed by atoms with Crippen molar-refractivity contribution >= 4 is 11.6 Å². The summed E-state index contributed by atoms with van der Waals surface area (Å²) >= 11 is 0. The molecule has 0 fully saturated rings. The molecule has 0 aliphatic carbocycles. The molecule has 4 nitrogen and oxygen atoms in total. The molecule has 0 bridgehead atoms. The van der Waals surface area contributed by atoms with E-state index in [1.54, 1.807) is 0 Å². The number of carbonyl (C=O) groups is 1. The van der Waals surface area contributed by atoms with Gasteiger partial charge in [0.05, 0.1) is 18.2 Å². The van der Waals surface area contributed by atoms with Crippen molar-refractivity contribution in [2.75, 3.05) is 13.1 Å². The van der Waals surface area contributed by atoms with Crippen LogP contribution >= 0.6 is 0 Å². The maximum absolute atomic E-state index is 13.1. The first-order valence-electron chi connectivity index (χ1n) is 9.75. The molecular formula is C23H28N2O2. The molecule has 1 amide bonds. The Morgan fingerprint density at radius 2 is 1.85 bits per heavy atom. The van der Waals surface area contributed by atoms with Crippen LogP contribution in [0, 0.1) is 6.92 Å². The minimum atomic E-state index is -0.106. The van der Waals surface area contributed by atoms with E-state index in [2.05, 4.69) is 43.3 Å². The first-order valence-corrected chi connectivity index (χ1v) is 9.75. The number of hydrogen-bond acceptors (Lipinski definition) is 3. The lowest BCUT2D eigenvalue weighted by atomic mass is 9.94. The Morgan fingerprint density at radius 1 is 1.15 bits per heavy atom. The van der Waals surface area contributed by atoms with E-state index < -0.39 is 0 Å². The Morgan fingerprint density at radius 3 is 2.48 bits per heavy atom. The Bertz CT molecular complexity index is 784. The highest BCUT2D eigenvalue weighted by Crippen LogP contribution is 2.24. The number of aryl methyl sites for hydroxylation is 1. The van der Waals surface area contributed by atoms with Crippen molar-refractivity contribution in [2.24, 2.45) is 5.16 Å². The van der Waals surface area contributed by atoms with Gasteiger partial charge in [0.2, 0.25) is 5.91 Å². The van der Waals surface area contributed by atoms with Crippen molar-refractivity contribution in [3.05, 3.63) is 71.3 Å². The van der Waals surface area contributed by atoms with Crippen LogP contribution < -0.4 is 0 Å². The monoisotopic (exact) mass is 364 g/mol. The van der Waals surface area contributed by atoms with Crippen molar-refractivity contribution < 1.29 is 9.63 Å². The van der Waals surface area contributed by atoms with Crippen molar-refractivity contribution in [1.29, 1.82) is 0 Å². The van der Waals surface area contributed by atoms with Crippen molar-refractivity contribution in [2.45, 2.75) is 45.6 Å². The fourth-order valence-electron chi connectivity index (χ4n) is 3.52. The summed E-state index contributed by atoms with van der Waals surface area (Å²) < 4.78 is 0. The molecule has 2 aromatic carbocycles. The molecule has 4 heteroatoms. The fourth-order valence-corrected chi connectivity index (χ4v) is 3.52. The zero-order valence-electron chi connectivity index (χ0n) is 16.4. The molecule has 0 saturated carbocycles. The summed E-state index contributed by atoms with van der Waals surface area (Å²) in [6, 6.07) is 18.3. The Labute approximate surface area is 161 Å². The molecule has 3 rings (SSSR count). The standard InChI is InChI=1S/C23H28N2O2/c1-4-21(18-9-7-6-8-10-18)23(26)25(5-2)16-20-15-22(24-27-20)19-13-11-17(3)12-14-19/h6-14,20-21H,4-5,15-16H2,1-3H3. The van der Waals surface area contributed by atoms with Crippen LogP contribution in [0.25, 0.3) is 0 Å². The van der Waals surface area contributed by atoms with Gasteiger partial charge in [-0.2, -0.15) is 0 Å². The van der Waals surface area contributed by atoms with Gasteiger partial charge >= 0.3 is 0 Å². The number of rotatable bonds is 7. The van der Waals surface area contributed by atoms with Crippen LogP contribution in [-0.2, 0) is 9.63 Å². The maximum atomic E-state index is 13.1. The predicted molar refractivity (Wildman–Crippen MR) is 109 cm³/mol. The van der Waals surface area contributed by atoms with Crippen LogP contribution in [0.3, 0.4) is 0 Å². The van der Waals surface area contributed by atoms with Crippen LogP contribution in [0.4, 0.5) is 0 Å². The van der Waals surface area contributed by atoms with Crippen LogP contribution in [0.1, 0.15) is 49.3 Å². The molecule has 0 aromatic heterocycles. The van der Waals surface area contributed by atoms with E-state index in [1.165, 1.54) is 5.56 Å². The largest absolute Gasteiger partial charge is 0.390 e. The molecule has 2 unspecified atom stereocenters. The molecule has 142 valence electrons. The van der Waals surface area contributed by atoms with Crippen LogP contribution in [0.15, 0.2) is 59.8 Å². The summed E-state index contributed by atoms with van der Waals surface area (Å²) in [6.07, 6.45) is 1.43. The molecule has 1 aliphatic heterocycles. The average molecular weight is 364 g/mol. The molecule has 2 aromatic rings. The molecule has 2 atom stereocenters. The zero-order chi connectivity index (χ0) is 19.2. The Kier molecular flexibility index (Phi) is 6.28. The van der Waals surface area contributed by atoms with Gasteiger partial charge in [-0.3, -0.25) is 4.79 Å². The average Bonchev–Trinajstić information content (AvgIpc) is 3.16. The van der Waals surface area contributed by atoms with Gasteiger partial charge in [0.25, 0.3) is 0 Å². The van der Waals surface area contributed by atoms with Gasteiger partial charge in [-0.05, 0) is 31.4 Å². The third-order valence-corrected chi connectivity index (χ3v) is 5.14. The van der Waals surface area contributed by atoms with E-state index in [-0.39, 0.29) is 17.9 Å². The minimum Gasteiger partial charge on any atom is -0.390 e. The third-order valence-electron chi connectivity index (χ3n) is 5.14. The summed E-state index contributed by atoms with van der Waals surface area (Å²) in [5.41, 5.74) is 4.35. The van der Waals surface area contributed by atoms with Crippen molar-refractivity contribution in [1.82, 2.24) is 4.90 Å². The summed E-state index contributed by atoms with van der Waals surface area (Å²) in [7, 11) is 0. The smallest absolute Gasteiger partial charge is 0.230 e. The minimum absolute atomic E-state index is 0.0847. The van der Waals surface area contributed by atoms with Gasteiger partial charge in [-0.15, -0.1) is 0 Å². The number of likely N-dealkylation sites (N-methyl/N-ethyl adjacent to an activating group) is 1. The SMILES string of the molecule is CCC(C(=O)N(CC)CC1CC(c2ccc(C)cc2)=NO1)c1ccccc1. The quantitative estimate of drug-likeness (QED) is 0.724. The number of nitrogens with zero attached hydrogens (tertiary/aromatic N) is 2. The topological polar surface area (TPSA) is 41.9 Å². The van der Waals surface area contributed by atoms with Crippen LogP contribution in [0.2, 0.25) is 0 Å². The second kappa shape index (κ2) is 8.85. The molecule has 0 spiro atoms. The first-order chi connectivity index (χ1) is 13.1. The molecule has 0 N–H and O–H groups in total. The van der Waals surface area contributed by atoms with Gasteiger partial charge < -0.3 is 9.74 Å². The highest BCUT2D eigenvalue weighted by atomic mass is 16.6. The molecular weight excluding hydrogens is 336 g/mol. The number of hydrogen-bond donors (Lipinski definition) is 0. The number of carbonyl (C=O) groups excluding carboxylic acids is 1. The van der Waals surface area contributed by atoms with Crippen molar-refractivity contribution in [3.63, 3.8) is 0 Å². The lowest BCUT2D eigenvalue weighted by Crippen LogP contribution is -2.40. The second-order valence-corrected chi connectivity index (χ2v) is 7.08. The second-order valence-electron chi connectivity index (χ2n) is 7.08. The van der Waals surface area contributed by atoms with Crippen LogP contribution in [0.5, 0.6) is 0 Å². The highest BCUT2D eigenvalue weighted by molar-refractivity contribution is 6.01. The van der Waals surface area contributed by atoms with Crippen LogP contribution in [-0.4, -0.2) is 35.7 Å². The Balaban J connectivity index is 1.63. The van der Waals surface area contributed by atoms with Crippen molar-refractivity contribution in [3.8, 4) is 0 Å². The maximum Gasteiger partial charge on any atom is 0.230 e. The molecule has 0 radical (unpaired) electrons. The van der Waals surface area contributed by atoms with Gasteiger partial charge in [-0.1, -0.05) is 72.2 Å². The Hall–Kier alpha value is -2.62. The third kappa shape index (κ3) is 4.57. The summed E-state index contributed by atoms with van der Waals surface area (Å²) in [6.45, 7) is 7.39. The molecule has 1 aliphatic rings. The molecule has 0 saturated heterocycles. The fraction of sp³-hybridized carbons (Fsp3) is 0.391. The van der Waals surface area contributed by atoms with Gasteiger partial charge in [-0.25, -0.2) is 0 Å². The van der Waals surface area contributed by atoms with Gasteiger partial charge in [0.1, 0.15) is 0 Å². The molecule has 1 heterocycles. The summed E-state index contributed by atoms with van der Waals surface area (Å²) in [4.78, 5) is 20.7. The van der Waals surface area contributed by atoms with E-state index >= 15 is 0 Å².